The van der Waals surface area contributed by atoms with Crippen LogP contribution in [0.25, 0.3) is 0 Å². The molecule has 0 fully saturated rings. The highest BCUT2D eigenvalue weighted by atomic mass is 16.1. The Labute approximate surface area is 99.6 Å². The molecule has 0 aliphatic heterocycles. The molecule has 0 rings (SSSR count). The van der Waals surface area contributed by atoms with E-state index in [4.69, 9.17) is 5.73 Å². The standard InChI is InChI=1S/C12H27N3O/c1-4-7-15(8-5-2)11(10-13)9-12(16)14-6-3/h11H,4-10,13H2,1-3H3,(H,14,16). The molecule has 0 aromatic rings. The lowest BCUT2D eigenvalue weighted by atomic mass is 10.1. The van der Waals surface area contributed by atoms with Crippen molar-refractivity contribution in [2.75, 3.05) is 26.2 Å². The average Bonchev–Trinajstić information content (AvgIpc) is 2.26. The van der Waals surface area contributed by atoms with Crippen LogP contribution in [0.2, 0.25) is 0 Å². The predicted molar refractivity (Wildman–Crippen MR) is 68.3 cm³/mol. The lowest BCUT2D eigenvalue weighted by Gasteiger charge is -2.29. The molecule has 96 valence electrons. The molecule has 0 aliphatic rings. The van der Waals surface area contributed by atoms with Crippen molar-refractivity contribution >= 4 is 5.91 Å². The Balaban J connectivity index is 4.23. The van der Waals surface area contributed by atoms with Crippen LogP contribution in [0.5, 0.6) is 0 Å². The first-order valence-corrected chi connectivity index (χ1v) is 6.40. The third-order valence-electron chi connectivity index (χ3n) is 2.61. The van der Waals surface area contributed by atoms with Gasteiger partial charge in [0.2, 0.25) is 5.91 Å². The molecule has 0 saturated carbocycles. The lowest BCUT2D eigenvalue weighted by molar-refractivity contribution is -0.122. The number of nitrogens with one attached hydrogen (secondary N) is 1. The molecule has 16 heavy (non-hydrogen) atoms. The Kier molecular flexibility index (Phi) is 9.24. The monoisotopic (exact) mass is 229 g/mol. The van der Waals surface area contributed by atoms with E-state index in [0.29, 0.717) is 19.5 Å². The zero-order valence-electron chi connectivity index (χ0n) is 11.0. The normalized spacial score (nSPS) is 12.8. The molecule has 4 nitrogen and oxygen atoms in total. The first-order valence-electron chi connectivity index (χ1n) is 6.40. The molecule has 4 heteroatoms. The fraction of sp³-hybridized carbons (Fsp3) is 0.917. The second kappa shape index (κ2) is 9.60. The van der Waals surface area contributed by atoms with Crippen LogP contribution in [0.15, 0.2) is 0 Å². The zero-order valence-corrected chi connectivity index (χ0v) is 11.0. The number of nitrogens with zero attached hydrogens (tertiary/aromatic N) is 1. The highest BCUT2D eigenvalue weighted by Crippen LogP contribution is 2.05. The van der Waals surface area contributed by atoms with Crippen molar-refractivity contribution in [3.63, 3.8) is 0 Å². The zero-order chi connectivity index (χ0) is 12.4. The number of carbonyl (C=O) groups excluding carboxylic acids is 1. The fourth-order valence-electron chi connectivity index (χ4n) is 1.90. The summed E-state index contributed by atoms with van der Waals surface area (Å²) in [6, 6.07) is 0.187. The van der Waals surface area contributed by atoms with Gasteiger partial charge in [-0.25, -0.2) is 0 Å². The van der Waals surface area contributed by atoms with Gasteiger partial charge < -0.3 is 11.1 Å². The van der Waals surface area contributed by atoms with Gasteiger partial charge in [0.1, 0.15) is 0 Å². The van der Waals surface area contributed by atoms with E-state index in [0.717, 1.165) is 25.9 Å². The van der Waals surface area contributed by atoms with Crippen LogP contribution in [0.3, 0.4) is 0 Å². The molecule has 0 aliphatic carbocycles. The number of hydrogen-bond donors (Lipinski definition) is 2. The van der Waals surface area contributed by atoms with Crippen LogP contribution in [-0.2, 0) is 4.79 Å². The van der Waals surface area contributed by atoms with Crippen LogP contribution in [0.1, 0.15) is 40.0 Å². The van der Waals surface area contributed by atoms with E-state index in [1.807, 2.05) is 6.92 Å². The molecule has 0 spiro atoms. The van der Waals surface area contributed by atoms with Crippen molar-refractivity contribution in [1.29, 1.82) is 0 Å². The van der Waals surface area contributed by atoms with E-state index in [1.165, 1.54) is 0 Å². The van der Waals surface area contributed by atoms with E-state index < -0.39 is 0 Å². The highest BCUT2D eigenvalue weighted by molar-refractivity contribution is 5.76. The van der Waals surface area contributed by atoms with Crippen molar-refractivity contribution in [3.05, 3.63) is 0 Å². The number of nitrogens with two attached hydrogens (primary N) is 1. The molecule has 1 atom stereocenters. The molecule has 0 heterocycles. The number of amides is 1. The molecule has 0 radical (unpaired) electrons. The smallest absolute Gasteiger partial charge is 0.221 e. The Morgan fingerprint density at radius 2 is 1.81 bits per heavy atom. The maximum Gasteiger partial charge on any atom is 0.221 e. The number of rotatable bonds is 9. The number of hydrogen-bond acceptors (Lipinski definition) is 3. The summed E-state index contributed by atoms with van der Waals surface area (Å²) in [5.41, 5.74) is 5.76. The Morgan fingerprint density at radius 3 is 2.19 bits per heavy atom. The first-order chi connectivity index (χ1) is 7.69. The van der Waals surface area contributed by atoms with Crippen LogP contribution in [-0.4, -0.2) is 43.0 Å². The van der Waals surface area contributed by atoms with Gasteiger partial charge in [0.15, 0.2) is 0 Å². The van der Waals surface area contributed by atoms with Crippen molar-refractivity contribution in [1.82, 2.24) is 10.2 Å². The van der Waals surface area contributed by atoms with Gasteiger partial charge in [-0.1, -0.05) is 13.8 Å². The summed E-state index contributed by atoms with van der Waals surface area (Å²) in [6.07, 6.45) is 2.72. The first kappa shape index (κ1) is 15.4. The Hall–Kier alpha value is -0.610. The van der Waals surface area contributed by atoms with Gasteiger partial charge in [-0.2, -0.15) is 0 Å². The predicted octanol–water partition coefficient (Wildman–Crippen LogP) is 0.962. The molecule has 1 amide bonds. The van der Waals surface area contributed by atoms with E-state index in [9.17, 15) is 4.79 Å². The van der Waals surface area contributed by atoms with Crippen LogP contribution < -0.4 is 11.1 Å². The van der Waals surface area contributed by atoms with Gasteiger partial charge in [0.25, 0.3) is 0 Å². The summed E-state index contributed by atoms with van der Waals surface area (Å²) in [6.45, 7) is 9.54. The van der Waals surface area contributed by atoms with Crippen LogP contribution in [0.4, 0.5) is 0 Å². The molecular formula is C12H27N3O. The largest absolute Gasteiger partial charge is 0.356 e. The third-order valence-corrected chi connectivity index (χ3v) is 2.61. The van der Waals surface area contributed by atoms with Crippen LogP contribution in [0, 0.1) is 0 Å². The van der Waals surface area contributed by atoms with Crippen molar-refractivity contribution in [2.45, 2.75) is 46.1 Å². The van der Waals surface area contributed by atoms with Crippen molar-refractivity contribution in [3.8, 4) is 0 Å². The second-order valence-electron chi connectivity index (χ2n) is 4.08. The van der Waals surface area contributed by atoms with E-state index in [1.54, 1.807) is 0 Å². The minimum Gasteiger partial charge on any atom is -0.356 e. The lowest BCUT2D eigenvalue weighted by Crippen LogP contribution is -2.44. The number of carbonyl (C=O) groups is 1. The van der Waals surface area contributed by atoms with E-state index in [2.05, 4.69) is 24.1 Å². The summed E-state index contributed by atoms with van der Waals surface area (Å²) in [5.74, 6) is 0.107. The van der Waals surface area contributed by atoms with Gasteiger partial charge in [-0.3, -0.25) is 9.69 Å². The van der Waals surface area contributed by atoms with Crippen molar-refractivity contribution < 1.29 is 4.79 Å². The molecule has 3 N–H and O–H groups in total. The van der Waals surface area contributed by atoms with Gasteiger partial charge in [0, 0.05) is 25.6 Å². The van der Waals surface area contributed by atoms with Gasteiger partial charge in [-0.15, -0.1) is 0 Å². The molecule has 0 saturated heterocycles. The maximum absolute atomic E-state index is 11.5. The molecule has 0 aromatic heterocycles. The Morgan fingerprint density at radius 1 is 1.25 bits per heavy atom. The third kappa shape index (κ3) is 6.08. The molecule has 0 aromatic carbocycles. The van der Waals surface area contributed by atoms with E-state index in [-0.39, 0.29) is 11.9 Å². The quantitative estimate of drug-likeness (QED) is 0.619. The SMILES string of the molecule is CCCN(CCC)C(CN)CC(=O)NCC. The molecule has 0 bridgehead atoms. The summed E-state index contributed by atoms with van der Waals surface area (Å²) in [4.78, 5) is 13.9. The van der Waals surface area contributed by atoms with Crippen molar-refractivity contribution in [2.24, 2.45) is 5.73 Å². The Bertz CT molecular complexity index is 179. The van der Waals surface area contributed by atoms with Gasteiger partial charge in [0.05, 0.1) is 0 Å². The average molecular weight is 229 g/mol. The maximum atomic E-state index is 11.5. The van der Waals surface area contributed by atoms with Gasteiger partial charge in [-0.05, 0) is 32.9 Å². The van der Waals surface area contributed by atoms with Gasteiger partial charge >= 0.3 is 0 Å². The minimum atomic E-state index is 0.107. The molecular weight excluding hydrogens is 202 g/mol. The van der Waals surface area contributed by atoms with E-state index >= 15 is 0 Å². The van der Waals surface area contributed by atoms with Crippen LogP contribution >= 0.6 is 0 Å². The second-order valence-corrected chi connectivity index (χ2v) is 4.08. The fourth-order valence-corrected chi connectivity index (χ4v) is 1.90. The minimum absolute atomic E-state index is 0.107. The topological polar surface area (TPSA) is 58.4 Å². The summed E-state index contributed by atoms with van der Waals surface area (Å²) >= 11 is 0. The summed E-state index contributed by atoms with van der Waals surface area (Å²) in [5, 5.41) is 2.83. The molecule has 1 unspecified atom stereocenters. The summed E-state index contributed by atoms with van der Waals surface area (Å²) in [7, 11) is 0. The summed E-state index contributed by atoms with van der Waals surface area (Å²) < 4.78 is 0. The highest BCUT2D eigenvalue weighted by Gasteiger charge is 2.18.